The monoisotopic (exact) mass is 286 g/mol. The fourth-order valence-corrected chi connectivity index (χ4v) is 2.79. The van der Waals surface area contributed by atoms with Crippen molar-refractivity contribution in [2.75, 3.05) is 6.54 Å². The summed E-state index contributed by atoms with van der Waals surface area (Å²) in [5.74, 6) is 0.431. The van der Waals surface area contributed by atoms with Crippen molar-refractivity contribution in [2.24, 2.45) is 5.73 Å². The van der Waals surface area contributed by atoms with Gasteiger partial charge in [0.05, 0.1) is 0 Å². The highest BCUT2D eigenvalue weighted by Gasteiger charge is 2.22. The van der Waals surface area contributed by atoms with E-state index in [1.165, 1.54) is 6.39 Å². The third kappa shape index (κ3) is 2.97. The summed E-state index contributed by atoms with van der Waals surface area (Å²) in [6, 6.07) is 0. The van der Waals surface area contributed by atoms with Crippen molar-refractivity contribution in [2.45, 2.75) is 24.9 Å². The molecule has 0 aliphatic rings. The molecule has 4 N–H and O–H groups in total. The van der Waals surface area contributed by atoms with Crippen LogP contribution in [0, 0.1) is 6.92 Å². The summed E-state index contributed by atoms with van der Waals surface area (Å²) >= 11 is 0. The Morgan fingerprint density at radius 3 is 2.95 bits per heavy atom. The molecule has 0 aliphatic heterocycles. The molecule has 9 nitrogen and oxygen atoms in total. The summed E-state index contributed by atoms with van der Waals surface area (Å²) in [5.41, 5.74) is 6.63. The van der Waals surface area contributed by atoms with Crippen LogP contribution in [0.25, 0.3) is 0 Å². The molecule has 0 saturated heterocycles. The number of aromatic nitrogens is 4. The summed E-state index contributed by atoms with van der Waals surface area (Å²) in [5, 5.41) is 9.89. The van der Waals surface area contributed by atoms with E-state index in [2.05, 4.69) is 29.6 Å². The zero-order chi connectivity index (χ0) is 13.9. The van der Waals surface area contributed by atoms with Crippen LogP contribution in [0.15, 0.2) is 15.9 Å². The van der Waals surface area contributed by atoms with Crippen molar-refractivity contribution < 1.29 is 12.9 Å². The Balaban J connectivity index is 2.05. The largest absolute Gasteiger partial charge is 0.343 e. The van der Waals surface area contributed by atoms with Crippen LogP contribution in [0.1, 0.15) is 17.1 Å². The van der Waals surface area contributed by atoms with Gasteiger partial charge in [0.1, 0.15) is 0 Å². The van der Waals surface area contributed by atoms with Gasteiger partial charge in [0, 0.05) is 30.8 Å². The number of H-pyrrole nitrogens is 1. The number of rotatable bonds is 6. The van der Waals surface area contributed by atoms with Gasteiger partial charge in [-0.15, -0.1) is 0 Å². The van der Waals surface area contributed by atoms with Crippen molar-refractivity contribution in [3.8, 4) is 0 Å². The smallest absolute Gasteiger partial charge is 0.260 e. The molecule has 0 radical (unpaired) electrons. The minimum absolute atomic E-state index is 0.0689. The van der Waals surface area contributed by atoms with Crippen LogP contribution in [0.3, 0.4) is 0 Å². The Morgan fingerprint density at radius 2 is 2.32 bits per heavy atom. The standard InChI is InChI=1S/C9H14N6O3S/c1-6-7(4-10)9(14-13-6)19(16,17)12-3-2-8-11-5-18-15-8/h5,12H,2-4,10H2,1H3,(H,13,14). The number of aryl methyl sites for hydroxylation is 1. The third-order valence-electron chi connectivity index (χ3n) is 2.54. The Kier molecular flexibility index (Phi) is 3.93. The molecular formula is C9H14N6O3S. The topological polar surface area (TPSA) is 140 Å². The van der Waals surface area contributed by atoms with Crippen LogP contribution in [-0.2, 0) is 23.0 Å². The molecule has 0 aromatic carbocycles. The van der Waals surface area contributed by atoms with E-state index in [1.54, 1.807) is 6.92 Å². The molecule has 0 amide bonds. The van der Waals surface area contributed by atoms with Gasteiger partial charge in [-0.2, -0.15) is 10.1 Å². The van der Waals surface area contributed by atoms with E-state index < -0.39 is 10.0 Å². The van der Waals surface area contributed by atoms with Gasteiger partial charge in [-0.25, -0.2) is 13.1 Å². The van der Waals surface area contributed by atoms with Crippen LogP contribution in [0.2, 0.25) is 0 Å². The summed E-state index contributed by atoms with van der Waals surface area (Å²) in [6.07, 6.45) is 1.52. The van der Waals surface area contributed by atoms with Gasteiger partial charge in [0.2, 0.25) is 6.39 Å². The minimum Gasteiger partial charge on any atom is -0.343 e. The number of aromatic amines is 1. The number of nitrogens with one attached hydrogen (secondary N) is 2. The first kappa shape index (κ1) is 13.6. The first-order valence-corrected chi connectivity index (χ1v) is 7.01. The maximum Gasteiger partial charge on any atom is 0.260 e. The molecule has 19 heavy (non-hydrogen) atoms. The zero-order valence-electron chi connectivity index (χ0n) is 10.3. The lowest BCUT2D eigenvalue weighted by molar-refractivity contribution is 0.409. The highest BCUT2D eigenvalue weighted by atomic mass is 32.2. The molecule has 0 spiro atoms. The van der Waals surface area contributed by atoms with E-state index in [0.717, 1.165) is 0 Å². The molecule has 0 atom stereocenters. The number of hydrogen-bond donors (Lipinski definition) is 3. The molecule has 2 rings (SSSR count). The van der Waals surface area contributed by atoms with Crippen LogP contribution in [0.5, 0.6) is 0 Å². The van der Waals surface area contributed by atoms with Gasteiger partial charge in [0.25, 0.3) is 10.0 Å². The van der Waals surface area contributed by atoms with Gasteiger partial charge < -0.3 is 10.3 Å². The Morgan fingerprint density at radius 1 is 1.53 bits per heavy atom. The summed E-state index contributed by atoms with van der Waals surface area (Å²) in [7, 11) is -3.69. The fourth-order valence-electron chi connectivity index (χ4n) is 1.56. The molecule has 0 saturated carbocycles. The second kappa shape index (κ2) is 5.47. The van der Waals surface area contributed by atoms with Crippen LogP contribution >= 0.6 is 0 Å². The molecule has 2 aromatic heterocycles. The fraction of sp³-hybridized carbons (Fsp3) is 0.444. The molecule has 2 heterocycles. The maximum atomic E-state index is 12.0. The SMILES string of the molecule is Cc1[nH]nc(S(=O)(=O)NCCc2ncon2)c1CN. The molecule has 0 bridgehead atoms. The summed E-state index contributed by atoms with van der Waals surface area (Å²) in [4.78, 5) is 3.79. The highest BCUT2D eigenvalue weighted by molar-refractivity contribution is 7.89. The van der Waals surface area contributed by atoms with E-state index in [1.807, 2.05) is 0 Å². The number of sulfonamides is 1. The summed E-state index contributed by atoms with van der Waals surface area (Å²) < 4.78 is 31.0. The number of nitrogens with two attached hydrogens (primary N) is 1. The van der Waals surface area contributed by atoms with Gasteiger partial charge in [0.15, 0.2) is 10.9 Å². The Bertz CT molecular complexity index is 633. The zero-order valence-corrected chi connectivity index (χ0v) is 11.1. The predicted molar refractivity (Wildman–Crippen MR) is 64.4 cm³/mol. The van der Waals surface area contributed by atoms with Crippen LogP contribution in [0.4, 0.5) is 0 Å². The molecule has 0 unspecified atom stereocenters. The molecule has 104 valence electrons. The maximum absolute atomic E-state index is 12.0. The molecule has 0 fully saturated rings. The minimum atomic E-state index is -3.69. The second-order valence-electron chi connectivity index (χ2n) is 3.83. The van der Waals surface area contributed by atoms with Crippen molar-refractivity contribution in [3.05, 3.63) is 23.5 Å². The Labute approximate surface area is 109 Å². The predicted octanol–water partition coefficient (Wildman–Crippen LogP) is -0.919. The highest BCUT2D eigenvalue weighted by Crippen LogP contribution is 2.14. The normalized spacial score (nSPS) is 11.9. The quantitative estimate of drug-likeness (QED) is 0.623. The first-order chi connectivity index (χ1) is 9.04. The van der Waals surface area contributed by atoms with E-state index in [0.29, 0.717) is 23.5 Å². The van der Waals surface area contributed by atoms with Gasteiger partial charge in [-0.05, 0) is 6.92 Å². The lowest BCUT2D eigenvalue weighted by atomic mass is 10.3. The van der Waals surface area contributed by atoms with Crippen molar-refractivity contribution in [1.29, 1.82) is 0 Å². The first-order valence-electron chi connectivity index (χ1n) is 5.53. The van der Waals surface area contributed by atoms with Crippen molar-refractivity contribution >= 4 is 10.0 Å². The molecule has 10 heteroatoms. The lowest BCUT2D eigenvalue weighted by Crippen LogP contribution is -2.27. The average molecular weight is 286 g/mol. The van der Waals surface area contributed by atoms with Crippen LogP contribution < -0.4 is 10.5 Å². The Hall–Kier alpha value is -1.78. The molecule has 0 aliphatic carbocycles. The molecular weight excluding hydrogens is 272 g/mol. The van der Waals surface area contributed by atoms with Gasteiger partial charge >= 0.3 is 0 Å². The number of nitrogens with zero attached hydrogens (tertiary/aromatic N) is 3. The van der Waals surface area contributed by atoms with Crippen LogP contribution in [-0.4, -0.2) is 35.3 Å². The van der Waals surface area contributed by atoms with Gasteiger partial charge in [-0.3, -0.25) is 5.10 Å². The molecule has 2 aromatic rings. The summed E-state index contributed by atoms with van der Waals surface area (Å²) in [6.45, 7) is 1.97. The van der Waals surface area contributed by atoms with E-state index in [4.69, 9.17) is 5.73 Å². The van der Waals surface area contributed by atoms with Crippen molar-refractivity contribution in [3.63, 3.8) is 0 Å². The van der Waals surface area contributed by atoms with E-state index in [-0.39, 0.29) is 18.1 Å². The number of hydrogen-bond acceptors (Lipinski definition) is 7. The average Bonchev–Trinajstić information content (AvgIpc) is 2.98. The second-order valence-corrected chi connectivity index (χ2v) is 5.51. The lowest BCUT2D eigenvalue weighted by Gasteiger charge is -2.04. The van der Waals surface area contributed by atoms with E-state index >= 15 is 0 Å². The third-order valence-corrected chi connectivity index (χ3v) is 3.97. The van der Waals surface area contributed by atoms with E-state index in [9.17, 15) is 8.42 Å². The van der Waals surface area contributed by atoms with Gasteiger partial charge in [-0.1, -0.05) is 5.16 Å². The van der Waals surface area contributed by atoms with Crippen molar-refractivity contribution in [1.82, 2.24) is 25.1 Å².